The third kappa shape index (κ3) is 62.8. The maximum absolute atomic E-state index is 12.9. The van der Waals surface area contributed by atoms with Gasteiger partial charge in [0.2, 0.25) is 0 Å². The molecule has 0 aliphatic carbocycles. The van der Waals surface area contributed by atoms with Crippen molar-refractivity contribution in [2.24, 2.45) is 0 Å². The SMILES string of the molecule is CC/C=C\C/C=C\C/C=C\C/C=C\C/C=C\C/C=C\CCCCCCCCCCC(=O)OCC(COC(=O)CCCCCCCCCCCCCCC)OC(=O)CCCCCCCC/C=C\C/C=C\C/C=C\CCCCC. The van der Waals surface area contributed by atoms with Crippen LogP contribution in [0.4, 0.5) is 0 Å². The van der Waals surface area contributed by atoms with Crippen LogP contribution in [-0.2, 0) is 28.6 Å². The highest BCUT2D eigenvalue weighted by Crippen LogP contribution is 2.16. The minimum atomic E-state index is -0.790. The second-order valence-electron chi connectivity index (χ2n) is 21.3. The number of hydrogen-bond donors (Lipinski definition) is 0. The first kappa shape index (κ1) is 73.1. The van der Waals surface area contributed by atoms with E-state index in [0.29, 0.717) is 19.3 Å². The summed E-state index contributed by atoms with van der Waals surface area (Å²) in [6.45, 7) is 6.50. The van der Waals surface area contributed by atoms with Gasteiger partial charge in [-0.05, 0) is 109 Å². The van der Waals surface area contributed by atoms with Crippen molar-refractivity contribution >= 4 is 17.9 Å². The molecule has 0 rings (SSSR count). The average molecular weight is 1070 g/mol. The van der Waals surface area contributed by atoms with Crippen molar-refractivity contribution < 1.29 is 28.6 Å². The zero-order valence-electron chi connectivity index (χ0n) is 50.4. The van der Waals surface area contributed by atoms with Gasteiger partial charge in [-0.2, -0.15) is 0 Å². The van der Waals surface area contributed by atoms with E-state index in [9.17, 15) is 14.4 Å². The minimum absolute atomic E-state index is 0.0844. The zero-order chi connectivity index (χ0) is 55.7. The summed E-state index contributed by atoms with van der Waals surface area (Å²) in [7, 11) is 0. The van der Waals surface area contributed by atoms with Crippen LogP contribution >= 0.6 is 0 Å². The van der Waals surface area contributed by atoms with Gasteiger partial charge < -0.3 is 14.2 Å². The van der Waals surface area contributed by atoms with Crippen LogP contribution in [0.15, 0.2) is 109 Å². The highest BCUT2D eigenvalue weighted by Gasteiger charge is 2.19. The fraction of sp³-hybridized carbons (Fsp3) is 0.704. The van der Waals surface area contributed by atoms with E-state index >= 15 is 0 Å². The van der Waals surface area contributed by atoms with Gasteiger partial charge in [-0.25, -0.2) is 0 Å². The fourth-order valence-electron chi connectivity index (χ4n) is 8.92. The molecule has 0 amide bonds. The molecule has 6 heteroatoms. The molecule has 0 aromatic carbocycles. The van der Waals surface area contributed by atoms with E-state index in [4.69, 9.17) is 14.2 Å². The third-order valence-corrected chi connectivity index (χ3v) is 13.8. The van der Waals surface area contributed by atoms with Crippen molar-refractivity contribution in [1.29, 1.82) is 0 Å². The molecule has 0 aromatic heterocycles. The predicted octanol–water partition coefficient (Wildman–Crippen LogP) is 22.2. The number of esters is 3. The molecule has 0 aliphatic heterocycles. The van der Waals surface area contributed by atoms with E-state index in [0.717, 1.165) is 128 Å². The Kier molecular flexibility index (Phi) is 61.3. The maximum atomic E-state index is 12.9. The predicted molar refractivity (Wildman–Crippen MR) is 334 cm³/mol. The van der Waals surface area contributed by atoms with E-state index in [1.807, 2.05) is 0 Å². The van der Waals surface area contributed by atoms with Crippen LogP contribution in [0.25, 0.3) is 0 Å². The van der Waals surface area contributed by atoms with Crippen LogP contribution < -0.4 is 0 Å². The Labute approximate surface area is 476 Å². The first-order valence-electron chi connectivity index (χ1n) is 32.4. The molecule has 440 valence electrons. The molecule has 6 nitrogen and oxygen atoms in total. The zero-order valence-corrected chi connectivity index (χ0v) is 50.4. The number of rotatable bonds is 58. The van der Waals surface area contributed by atoms with E-state index in [-0.39, 0.29) is 31.1 Å². The lowest BCUT2D eigenvalue weighted by molar-refractivity contribution is -0.167. The Hall–Kier alpha value is -3.93. The van der Waals surface area contributed by atoms with Crippen LogP contribution in [0.1, 0.15) is 303 Å². The van der Waals surface area contributed by atoms with Crippen LogP contribution in [0.5, 0.6) is 0 Å². The second-order valence-corrected chi connectivity index (χ2v) is 21.3. The first-order chi connectivity index (χ1) is 38.0. The van der Waals surface area contributed by atoms with E-state index in [1.165, 1.54) is 135 Å². The average Bonchev–Trinajstić information content (AvgIpc) is 3.43. The van der Waals surface area contributed by atoms with Crippen LogP contribution in [0.2, 0.25) is 0 Å². The smallest absolute Gasteiger partial charge is 0.306 e. The van der Waals surface area contributed by atoms with Crippen molar-refractivity contribution in [1.82, 2.24) is 0 Å². The maximum Gasteiger partial charge on any atom is 0.306 e. The van der Waals surface area contributed by atoms with Gasteiger partial charge in [0.1, 0.15) is 13.2 Å². The summed E-state index contributed by atoms with van der Waals surface area (Å²) in [4.78, 5) is 38.3. The van der Waals surface area contributed by atoms with Gasteiger partial charge in [0.15, 0.2) is 6.10 Å². The van der Waals surface area contributed by atoms with Gasteiger partial charge in [0.05, 0.1) is 0 Å². The number of carbonyl (C=O) groups excluding carboxylic acids is 3. The summed E-state index contributed by atoms with van der Waals surface area (Å²) in [5, 5.41) is 0. The molecule has 77 heavy (non-hydrogen) atoms. The molecule has 0 bridgehead atoms. The van der Waals surface area contributed by atoms with Crippen LogP contribution in [0.3, 0.4) is 0 Å². The summed E-state index contributed by atoms with van der Waals surface area (Å²) in [5.74, 6) is -0.897. The molecule has 0 saturated carbocycles. The standard InChI is InChI=1S/C71H120O6/c1-4-7-10-13-16-19-22-25-27-29-31-32-33-34-35-36-37-38-40-41-43-46-49-52-55-58-61-64-70(73)76-67-68(66-75-69(72)63-60-57-54-51-48-45-24-21-18-15-12-9-6-3)77-71(74)65-62-59-56-53-50-47-44-42-39-30-28-26-23-20-17-14-11-8-5-2/h7,10,16-17,19-20,25-28,31-32,34-35,37-39,42,68H,4-6,8-9,11-15,18,21-24,29-30,33,36,40-41,43-67H2,1-3H3/b10-7-,19-16-,20-17-,27-25-,28-26-,32-31-,35-34-,38-37-,42-39-. The molecule has 0 fully saturated rings. The van der Waals surface area contributed by atoms with Crippen molar-refractivity contribution in [2.45, 2.75) is 309 Å². The molecule has 0 spiro atoms. The van der Waals surface area contributed by atoms with E-state index < -0.39 is 6.10 Å². The van der Waals surface area contributed by atoms with Crippen molar-refractivity contribution in [3.05, 3.63) is 109 Å². The minimum Gasteiger partial charge on any atom is -0.462 e. The lowest BCUT2D eigenvalue weighted by Gasteiger charge is -2.18. The highest BCUT2D eigenvalue weighted by molar-refractivity contribution is 5.71. The lowest BCUT2D eigenvalue weighted by Crippen LogP contribution is -2.30. The van der Waals surface area contributed by atoms with E-state index in [2.05, 4.69) is 130 Å². The Morgan fingerprint density at radius 2 is 0.506 bits per heavy atom. The van der Waals surface area contributed by atoms with Gasteiger partial charge in [-0.3, -0.25) is 14.4 Å². The normalized spacial score (nSPS) is 12.8. The third-order valence-electron chi connectivity index (χ3n) is 13.8. The molecular weight excluding hydrogens is 949 g/mol. The summed E-state index contributed by atoms with van der Waals surface area (Å²) < 4.78 is 16.9. The first-order valence-corrected chi connectivity index (χ1v) is 32.4. The van der Waals surface area contributed by atoms with Gasteiger partial charge in [-0.1, -0.05) is 284 Å². The summed E-state index contributed by atoms with van der Waals surface area (Å²) >= 11 is 0. The molecule has 1 atom stereocenters. The summed E-state index contributed by atoms with van der Waals surface area (Å²) in [5.41, 5.74) is 0. The Bertz CT molecular complexity index is 1560. The molecule has 0 aromatic rings. The number of ether oxygens (including phenoxy) is 3. The monoisotopic (exact) mass is 1070 g/mol. The quantitative estimate of drug-likeness (QED) is 0.0261. The molecular formula is C71H120O6. The Morgan fingerprint density at radius 3 is 0.818 bits per heavy atom. The van der Waals surface area contributed by atoms with Gasteiger partial charge in [0, 0.05) is 19.3 Å². The van der Waals surface area contributed by atoms with Gasteiger partial charge in [0.25, 0.3) is 0 Å². The molecule has 0 aliphatic rings. The number of hydrogen-bond acceptors (Lipinski definition) is 6. The molecule has 0 saturated heterocycles. The van der Waals surface area contributed by atoms with Gasteiger partial charge >= 0.3 is 17.9 Å². The molecule has 0 N–H and O–H groups in total. The molecule has 0 radical (unpaired) electrons. The van der Waals surface area contributed by atoms with Gasteiger partial charge in [-0.15, -0.1) is 0 Å². The van der Waals surface area contributed by atoms with Crippen molar-refractivity contribution in [2.75, 3.05) is 13.2 Å². The van der Waals surface area contributed by atoms with E-state index in [1.54, 1.807) is 0 Å². The molecule has 1 unspecified atom stereocenters. The Morgan fingerprint density at radius 1 is 0.273 bits per heavy atom. The Balaban J connectivity index is 4.36. The van der Waals surface area contributed by atoms with Crippen molar-refractivity contribution in [3.8, 4) is 0 Å². The summed E-state index contributed by atoms with van der Waals surface area (Å²) in [6.07, 6.45) is 88.0. The number of allylic oxidation sites excluding steroid dienone is 18. The largest absolute Gasteiger partial charge is 0.462 e. The van der Waals surface area contributed by atoms with Crippen molar-refractivity contribution in [3.63, 3.8) is 0 Å². The summed E-state index contributed by atoms with van der Waals surface area (Å²) in [6, 6.07) is 0. The number of unbranched alkanes of at least 4 members (excludes halogenated alkanes) is 29. The lowest BCUT2D eigenvalue weighted by atomic mass is 10.0. The second kappa shape index (κ2) is 64.6. The molecule has 0 heterocycles. The topological polar surface area (TPSA) is 78.9 Å². The number of carbonyl (C=O) groups is 3. The fourth-order valence-corrected chi connectivity index (χ4v) is 8.92. The van der Waals surface area contributed by atoms with Crippen LogP contribution in [0, 0.1) is 0 Å². The van der Waals surface area contributed by atoms with Crippen LogP contribution in [-0.4, -0.2) is 37.2 Å². The highest BCUT2D eigenvalue weighted by atomic mass is 16.6.